The summed E-state index contributed by atoms with van der Waals surface area (Å²) in [6, 6.07) is 13.4. The lowest BCUT2D eigenvalue weighted by atomic mass is 9.92. The normalized spacial score (nSPS) is 19.6. The molecule has 1 aliphatic carbocycles. The number of fused-ring (bicyclic) bond motifs is 1. The highest BCUT2D eigenvalue weighted by molar-refractivity contribution is 6.30. The lowest BCUT2D eigenvalue weighted by molar-refractivity contribution is 0.0887. The summed E-state index contributed by atoms with van der Waals surface area (Å²) in [5.74, 6) is 0.474. The summed E-state index contributed by atoms with van der Waals surface area (Å²) in [6.45, 7) is 0. The minimum absolute atomic E-state index is 0.113. The fraction of sp³-hybridized carbons (Fsp3) is 0.286. The van der Waals surface area contributed by atoms with Crippen molar-refractivity contribution in [2.45, 2.75) is 37.8 Å². The van der Waals surface area contributed by atoms with Crippen molar-refractivity contribution in [3.8, 4) is 5.88 Å². The number of aromatic nitrogens is 2. The van der Waals surface area contributed by atoms with Crippen molar-refractivity contribution < 1.29 is 9.53 Å². The van der Waals surface area contributed by atoms with Gasteiger partial charge < -0.3 is 10.1 Å². The van der Waals surface area contributed by atoms with E-state index in [2.05, 4.69) is 15.3 Å². The highest BCUT2D eigenvalue weighted by atomic mass is 35.5. The van der Waals surface area contributed by atoms with E-state index in [1.807, 2.05) is 30.3 Å². The molecule has 138 valence electrons. The Hall–Kier alpha value is -2.66. The Labute approximate surface area is 162 Å². The number of halogens is 1. The first kappa shape index (κ1) is 17.7. The molecule has 1 N–H and O–H groups in total. The molecule has 0 saturated heterocycles. The van der Waals surface area contributed by atoms with E-state index in [-0.39, 0.29) is 18.1 Å². The molecule has 5 nitrogen and oxygen atoms in total. The molecule has 0 atom stereocenters. The number of ether oxygens (including phenoxy) is 1. The Morgan fingerprint density at radius 1 is 1.04 bits per heavy atom. The van der Waals surface area contributed by atoms with Gasteiger partial charge in [0.05, 0.1) is 5.02 Å². The first-order chi connectivity index (χ1) is 13.2. The zero-order valence-electron chi connectivity index (χ0n) is 14.8. The zero-order chi connectivity index (χ0) is 18.6. The van der Waals surface area contributed by atoms with Gasteiger partial charge in [0.25, 0.3) is 5.91 Å². The van der Waals surface area contributed by atoms with Crippen LogP contribution in [-0.2, 0) is 0 Å². The molecule has 1 fully saturated rings. The second-order valence-corrected chi connectivity index (χ2v) is 7.20. The molecular weight excluding hydrogens is 362 g/mol. The summed E-state index contributed by atoms with van der Waals surface area (Å²) in [5, 5.41) is 5.62. The van der Waals surface area contributed by atoms with Crippen molar-refractivity contribution >= 4 is 28.3 Å². The number of pyridine rings is 2. The van der Waals surface area contributed by atoms with Crippen LogP contribution in [0.15, 0.2) is 54.9 Å². The van der Waals surface area contributed by atoms with Gasteiger partial charge >= 0.3 is 0 Å². The Balaban J connectivity index is 1.34. The predicted molar refractivity (Wildman–Crippen MR) is 105 cm³/mol. The highest BCUT2D eigenvalue weighted by Gasteiger charge is 2.25. The lowest BCUT2D eigenvalue weighted by Crippen LogP contribution is -2.40. The molecule has 2 aromatic heterocycles. The topological polar surface area (TPSA) is 64.1 Å². The number of nitrogens with one attached hydrogen (secondary N) is 1. The molecule has 3 aromatic rings. The SMILES string of the molecule is O=C(NC1CCC(Oc2ccc(Cl)cn2)CC1)c1nccc2ccccc12. The van der Waals surface area contributed by atoms with Gasteiger partial charge in [-0.25, -0.2) is 4.98 Å². The van der Waals surface area contributed by atoms with Crippen molar-refractivity contribution in [3.05, 3.63) is 65.6 Å². The number of hydrogen-bond donors (Lipinski definition) is 1. The number of hydrogen-bond acceptors (Lipinski definition) is 4. The minimum atomic E-state index is -0.115. The summed E-state index contributed by atoms with van der Waals surface area (Å²) >= 11 is 5.85. The van der Waals surface area contributed by atoms with Gasteiger partial charge in [0, 0.05) is 29.9 Å². The smallest absolute Gasteiger partial charge is 0.270 e. The van der Waals surface area contributed by atoms with E-state index in [0.717, 1.165) is 36.5 Å². The van der Waals surface area contributed by atoms with Gasteiger partial charge in [0.2, 0.25) is 5.88 Å². The van der Waals surface area contributed by atoms with Crippen LogP contribution < -0.4 is 10.1 Å². The maximum absolute atomic E-state index is 12.7. The first-order valence-corrected chi connectivity index (χ1v) is 9.49. The molecule has 0 spiro atoms. The fourth-order valence-corrected chi connectivity index (χ4v) is 3.59. The lowest BCUT2D eigenvalue weighted by Gasteiger charge is -2.29. The summed E-state index contributed by atoms with van der Waals surface area (Å²) < 4.78 is 5.91. The number of nitrogens with zero attached hydrogens (tertiary/aromatic N) is 2. The molecule has 0 aliphatic heterocycles. The minimum Gasteiger partial charge on any atom is -0.474 e. The summed E-state index contributed by atoms with van der Waals surface area (Å²) in [7, 11) is 0. The summed E-state index contributed by atoms with van der Waals surface area (Å²) in [5.41, 5.74) is 0.483. The van der Waals surface area contributed by atoms with Gasteiger partial charge in [-0.3, -0.25) is 9.78 Å². The van der Waals surface area contributed by atoms with Gasteiger partial charge in [0.1, 0.15) is 11.8 Å². The van der Waals surface area contributed by atoms with E-state index in [1.54, 1.807) is 24.5 Å². The van der Waals surface area contributed by atoms with Crippen LogP contribution in [0.1, 0.15) is 36.2 Å². The van der Waals surface area contributed by atoms with Crippen LogP contribution in [0.5, 0.6) is 5.88 Å². The van der Waals surface area contributed by atoms with E-state index in [4.69, 9.17) is 16.3 Å². The van der Waals surface area contributed by atoms with Gasteiger partial charge in [0.15, 0.2) is 0 Å². The van der Waals surface area contributed by atoms with Gasteiger partial charge in [-0.2, -0.15) is 0 Å². The van der Waals surface area contributed by atoms with Gasteiger partial charge in [-0.05, 0) is 43.2 Å². The van der Waals surface area contributed by atoms with Crippen LogP contribution in [0.4, 0.5) is 0 Å². The van der Waals surface area contributed by atoms with Crippen molar-refractivity contribution in [3.63, 3.8) is 0 Å². The Morgan fingerprint density at radius 2 is 1.85 bits per heavy atom. The molecule has 0 bridgehead atoms. The molecule has 27 heavy (non-hydrogen) atoms. The maximum Gasteiger partial charge on any atom is 0.270 e. The number of carbonyl (C=O) groups excluding carboxylic acids is 1. The average Bonchev–Trinajstić information content (AvgIpc) is 2.71. The third kappa shape index (κ3) is 4.19. The van der Waals surface area contributed by atoms with Crippen molar-refractivity contribution in [1.29, 1.82) is 0 Å². The second kappa shape index (κ2) is 7.92. The molecule has 1 aliphatic rings. The van der Waals surface area contributed by atoms with Crippen molar-refractivity contribution in [1.82, 2.24) is 15.3 Å². The number of amides is 1. The Morgan fingerprint density at radius 3 is 2.63 bits per heavy atom. The predicted octanol–water partition coefficient (Wildman–Crippen LogP) is 4.40. The molecule has 6 heteroatoms. The van der Waals surface area contributed by atoms with Crippen LogP contribution >= 0.6 is 11.6 Å². The van der Waals surface area contributed by atoms with E-state index in [9.17, 15) is 4.79 Å². The second-order valence-electron chi connectivity index (χ2n) is 6.76. The Bertz CT molecular complexity index is 932. The van der Waals surface area contributed by atoms with Crippen LogP contribution in [0.25, 0.3) is 10.8 Å². The Kier molecular flexibility index (Phi) is 5.21. The highest BCUT2D eigenvalue weighted by Crippen LogP contribution is 2.24. The average molecular weight is 382 g/mol. The quantitative estimate of drug-likeness (QED) is 0.727. The fourth-order valence-electron chi connectivity index (χ4n) is 3.48. The van der Waals surface area contributed by atoms with E-state index < -0.39 is 0 Å². The third-order valence-electron chi connectivity index (χ3n) is 4.89. The van der Waals surface area contributed by atoms with E-state index >= 15 is 0 Å². The molecule has 1 amide bonds. The van der Waals surface area contributed by atoms with Crippen molar-refractivity contribution in [2.24, 2.45) is 0 Å². The molecule has 1 aromatic carbocycles. The van der Waals surface area contributed by atoms with Gasteiger partial charge in [-0.1, -0.05) is 35.9 Å². The standard InChI is InChI=1S/C21H20ClN3O2/c22-15-5-10-19(24-13-15)27-17-8-6-16(7-9-17)25-21(26)20-18-4-2-1-3-14(18)11-12-23-20/h1-5,10-13,16-17H,6-9H2,(H,25,26). The molecule has 2 heterocycles. The third-order valence-corrected chi connectivity index (χ3v) is 5.11. The molecule has 1 saturated carbocycles. The molecule has 0 unspecified atom stereocenters. The van der Waals surface area contributed by atoms with Crippen LogP contribution in [-0.4, -0.2) is 28.0 Å². The number of rotatable bonds is 4. The zero-order valence-corrected chi connectivity index (χ0v) is 15.5. The monoisotopic (exact) mass is 381 g/mol. The summed E-state index contributed by atoms with van der Waals surface area (Å²) in [6.07, 6.45) is 6.86. The number of carbonyl (C=O) groups is 1. The largest absolute Gasteiger partial charge is 0.474 e. The van der Waals surface area contributed by atoms with Crippen LogP contribution in [0.3, 0.4) is 0 Å². The maximum atomic E-state index is 12.7. The van der Waals surface area contributed by atoms with E-state index in [1.165, 1.54) is 0 Å². The van der Waals surface area contributed by atoms with Gasteiger partial charge in [-0.15, -0.1) is 0 Å². The van der Waals surface area contributed by atoms with Crippen LogP contribution in [0, 0.1) is 0 Å². The van der Waals surface area contributed by atoms with Crippen LogP contribution in [0.2, 0.25) is 5.02 Å². The summed E-state index contributed by atoms with van der Waals surface area (Å²) in [4.78, 5) is 21.2. The molecule has 4 rings (SSSR count). The first-order valence-electron chi connectivity index (χ1n) is 9.12. The van der Waals surface area contributed by atoms with E-state index in [0.29, 0.717) is 16.6 Å². The van der Waals surface area contributed by atoms with Crippen molar-refractivity contribution in [2.75, 3.05) is 0 Å². The molecular formula is C21H20ClN3O2. The molecule has 0 radical (unpaired) electrons. The number of benzene rings is 1.